The van der Waals surface area contributed by atoms with Crippen molar-refractivity contribution in [2.24, 2.45) is 11.7 Å². The molecule has 1 fully saturated rings. The van der Waals surface area contributed by atoms with Crippen LogP contribution in [0, 0.1) is 5.92 Å². The third-order valence-corrected chi connectivity index (χ3v) is 8.64. The Morgan fingerprint density at radius 1 is 0.837 bits per heavy atom. The van der Waals surface area contributed by atoms with Gasteiger partial charge >= 0.3 is 5.97 Å². The number of aliphatic hydroxyl groups excluding tert-OH is 1. The van der Waals surface area contributed by atoms with E-state index in [0.717, 1.165) is 11.1 Å². The van der Waals surface area contributed by atoms with Gasteiger partial charge in [-0.3, -0.25) is 28.8 Å². The maximum atomic E-state index is 14.1. The van der Waals surface area contributed by atoms with Crippen molar-refractivity contribution in [3.63, 3.8) is 0 Å². The lowest BCUT2D eigenvalue weighted by Crippen LogP contribution is -2.61. The van der Waals surface area contributed by atoms with Crippen molar-refractivity contribution in [3.8, 4) is 0 Å². The minimum atomic E-state index is -1.43. The molecule has 0 spiro atoms. The molecular formula is C35H48N6O8. The van der Waals surface area contributed by atoms with Crippen LogP contribution < -0.4 is 27.0 Å². The molecule has 0 aliphatic carbocycles. The summed E-state index contributed by atoms with van der Waals surface area (Å²) >= 11 is 0. The van der Waals surface area contributed by atoms with E-state index in [1.165, 1.54) is 11.8 Å². The van der Waals surface area contributed by atoms with Gasteiger partial charge in [-0.2, -0.15) is 0 Å². The molecule has 7 atom stereocenters. The van der Waals surface area contributed by atoms with Gasteiger partial charge in [-0.05, 0) is 43.2 Å². The van der Waals surface area contributed by atoms with Gasteiger partial charge in [0.25, 0.3) is 0 Å². The van der Waals surface area contributed by atoms with Crippen LogP contribution in [-0.2, 0) is 41.6 Å². The highest BCUT2D eigenvalue weighted by Crippen LogP contribution is 2.21. The molecule has 3 rings (SSSR count). The van der Waals surface area contributed by atoms with E-state index in [4.69, 9.17) is 10.8 Å². The number of aliphatic hydroxyl groups is 1. The number of benzene rings is 2. The molecule has 0 radical (unpaired) electrons. The number of likely N-dealkylation sites (tertiary alicyclic amines) is 1. The molecule has 8 N–H and O–H groups in total. The zero-order valence-electron chi connectivity index (χ0n) is 28.1. The first kappa shape index (κ1) is 38.6. The lowest BCUT2D eigenvalue weighted by molar-refractivity contribution is -0.143. The zero-order chi connectivity index (χ0) is 36.1. The number of carbonyl (C=O) groups excluding carboxylic acids is 5. The second-order valence-corrected chi connectivity index (χ2v) is 12.4. The van der Waals surface area contributed by atoms with Crippen LogP contribution in [0.4, 0.5) is 0 Å². The fourth-order valence-electron chi connectivity index (χ4n) is 5.66. The van der Waals surface area contributed by atoms with Crippen molar-refractivity contribution in [1.29, 1.82) is 0 Å². The Labute approximate surface area is 286 Å². The number of carbonyl (C=O) groups is 6. The predicted molar refractivity (Wildman–Crippen MR) is 181 cm³/mol. The third kappa shape index (κ3) is 11.4. The average Bonchev–Trinajstić information content (AvgIpc) is 3.58. The maximum absolute atomic E-state index is 14.1. The Kier molecular flexibility index (Phi) is 14.7. The number of aliphatic carboxylic acids is 1. The van der Waals surface area contributed by atoms with Crippen LogP contribution in [0.2, 0.25) is 0 Å². The normalized spacial score (nSPS) is 17.8. The summed E-state index contributed by atoms with van der Waals surface area (Å²) in [5.74, 6) is -4.80. The molecule has 0 aromatic heterocycles. The minimum Gasteiger partial charge on any atom is -0.480 e. The molecule has 0 unspecified atom stereocenters. The molecule has 266 valence electrons. The SMILES string of the molecule is CC[C@H](C)[C@H](NC(=O)[C@@H]1CCCN1C(=O)[C@H](Cc1ccccc1)NC(=O)[C@@H](NC(=O)[C@@H](N)Cc1ccccc1)[C@@H](C)O)C(=O)NCC(=O)O. The van der Waals surface area contributed by atoms with Crippen LogP contribution in [0.3, 0.4) is 0 Å². The van der Waals surface area contributed by atoms with E-state index in [-0.39, 0.29) is 25.3 Å². The summed E-state index contributed by atoms with van der Waals surface area (Å²) in [7, 11) is 0. The molecule has 5 amide bonds. The number of amides is 5. The molecule has 0 saturated carbocycles. The van der Waals surface area contributed by atoms with Crippen LogP contribution in [0.25, 0.3) is 0 Å². The molecule has 2 aromatic carbocycles. The summed E-state index contributed by atoms with van der Waals surface area (Å²) in [5, 5.41) is 29.7. The number of hydrogen-bond donors (Lipinski definition) is 7. The van der Waals surface area contributed by atoms with Crippen molar-refractivity contribution in [2.45, 2.75) is 89.2 Å². The van der Waals surface area contributed by atoms with E-state index in [2.05, 4.69) is 21.3 Å². The van der Waals surface area contributed by atoms with Gasteiger partial charge in [-0.15, -0.1) is 0 Å². The van der Waals surface area contributed by atoms with Gasteiger partial charge in [-0.25, -0.2) is 0 Å². The zero-order valence-corrected chi connectivity index (χ0v) is 28.1. The van der Waals surface area contributed by atoms with Crippen molar-refractivity contribution in [1.82, 2.24) is 26.2 Å². The van der Waals surface area contributed by atoms with Crippen LogP contribution in [0.15, 0.2) is 60.7 Å². The van der Waals surface area contributed by atoms with E-state index in [0.29, 0.717) is 19.3 Å². The van der Waals surface area contributed by atoms with Gasteiger partial charge in [0, 0.05) is 13.0 Å². The largest absolute Gasteiger partial charge is 0.480 e. The second kappa shape index (κ2) is 18.7. The van der Waals surface area contributed by atoms with E-state index in [1.807, 2.05) is 37.3 Å². The second-order valence-electron chi connectivity index (χ2n) is 12.4. The quantitative estimate of drug-likeness (QED) is 0.118. The molecule has 1 aliphatic heterocycles. The fourth-order valence-corrected chi connectivity index (χ4v) is 5.66. The number of nitrogens with two attached hydrogens (primary N) is 1. The topological polar surface area (TPSA) is 220 Å². The van der Waals surface area contributed by atoms with E-state index >= 15 is 0 Å². The fraction of sp³-hybridized carbons (Fsp3) is 0.486. The Balaban J connectivity index is 1.79. The smallest absolute Gasteiger partial charge is 0.322 e. The van der Waals surface area contributed by atoms with Gasteiger partial charge in [0.2, 0.25) is 29.5 Å². The molecular weight excluding hydrogens is 632 g/mol. The van der Waals surface area contributed by atoms with E-state index in [9.17, 15) is 33.9 Å². The van der Waals surface area contributed by atoms with Crippen molar-refractivity contribution in [3.05, 3.63) is 71.8 Å². The summed E-state index contributed by atoms with van der Waals surface area (Å²) in [6, 6.07) is 12.4. The van der Waals surface area contributed by atoms with Crippen LogP contribution >= 0.6 is 0 Å². The minimum absolute atomic E-state index is 0.0529. The Morgan fingerprint density at radius 2 is 1.43 bits per heavy atom. The molecule has 2 aromatic rings. The van der Waals surface area contributed by atoms with Crippen LogP contribution in [0.5, 0.6) is 0 Å². The highest BCUT2D eigenvalue weighted by Gasteiger charge is 2.40. The van der Waals surface area contributed by atoms with Crippen LogP contribution in [-0.4, -0.2) is 100 Å². The first-order chi connectivity index (χ1) is 23.3. The van der Waals surface area contributed by atoms with Gasteiger partial charge in [0.1, 0.15) is 30.7 Å². The molecule has 1 heterocycles. The lowest BCUT2D eigenvalue weighted by Gasteiger charge is -2.32. The van der Waals surface area contributed by atoms with E-state index < -0.39 is 78.4 Å². The number of carboxylic acids is 1. The summed E-state index contributed by atoms with van der Waals surface area (Å²) < 4.78 is 0. The standard InChI is InChI=1S/C35H48N6O8/c1-4-21(2)29(33(47)37-20-28(43)44)39-32(46)27-16-11-17-41(27)35(49)26(19-24-14-9-6-10-15-24)38-34(48)30(22(3)42)40-31(45)25(36)18-23-12-7-5-8-13-23/h5-10,12-15,21-22,25-27,29-30,42H,4,11,16-20,36H2,1-3H3,(H,37,47)(H,38,48)(H,39,46)(H,40,45)(H,43,44)/t21-,22+,25-,26-,27-,29-,30-/m0/s1. The summed E-state index contributed by atoms with van der Waals surface area (Å²) in [5.41, 5.74) is 7.65. The summed E-state index contributed by atoms with van der Waals surface area (Å²) in [6.45, 7) is 4.52. The van der Waals surface area contributed by atoms with Gasteiger partial charge in [0.05, 0.1) is 12.1 Å². The molecule has 0 bridgehead atoms. The first-order valence-electron chi connectivity index (χ1n) is 16.5. The Hall–Kier alpha value is -4.82. The number of rotatable bonds is 17. The van der Waals surface area contributed by atoms with E-state index in [1.54, 1.807) is 37.3 Å². The number of hydrogen-bond acceptors (Lipinski definition) is 8. The highest BCUT2D eigenvalue weighted by atomic mass is 16.4. The third-order valence-electron chi connectivity index (χ3n) is 8.64. The maximum Gasteiger partial charge on any atom is 0.322 e. The molecule has 49 heavy (non-hydrogen) atoms. The van der Waals surface area contributed by atoms with Gasteiger partial charge < -0.3 is 42.1 Å². The van der Waals surface area contributed by atoms with Gasteiger partial charge in [-0.1, -0.05) is 80.9 Å². The van der Waals surface area contributed by atoms with Crippen molar-refractivity contribution < 1.29 is 39.0 Å². The highest BCUT2D eigenvalue weighted by molar-refractivity contribution is 5.96. The van der Waals surface area contributed by atoms with Gasteiger partial charge in [0.15, 0.2) is 0 Å². The van der Waals surface area contributed by atoms with Crippen molar-refractivity contribution >= 4 is 35.5 Å². The Morgan fingerprint density at radius 3 is 1.98 bits per heavy atom. The van der Waals surface area contributed by atoms with Crippen LogP contribution in [0.1, 0.15) is 51.2 Å². The molecule has 14 heteroatoms. The van der Waals surface area contributed by atoms with Crippen molar-refractivity contribution in [2.75, 3.05) is 13.1 Å². The lowest BCUT2D eigenvalue weighted by atomic mass is 9.97. The number of nitrogens with one attached hydrogen (secondary N) is 4. The number of carboxylic acid groups (broad SMARTS) is 1. The molecule has 1 saturated heterocycles. The Bertz CT molecular complexity index is 1440. The monoisotopic (exact) mass is 680 g/mol. The predicted octanol–water partition coefficient (Wildman–Crippen LogP) is -0.128. The molecule has 1 aliphatic rings. The summed E-state index contributed by atoms with van der Waals surface area (Å²) in [4.78, 5) is 79.4. The summed E-state index contributed by atoms with van der Waals surface area (Å²) in [6.07, 6.45) is 0.225. The average molecular weight is 681 g/mol. The first-order valence-corrected chi connectivity index (χ1v) is 16.5. The number of nitrogens with zero attached hydrogens (tertiary/aromatic N) is 1. The molecule has 14 nitrogen and oxygen atoms in total.